The lowest BCUT2D eigenvalue weighted by molar-refractivity contribution is 0.138. The molecule has 0 saturated carbocycles. The second-order valence-corrected chi connectivity index (χ2v) is 12.7. The largest absolute Gasteiger partial charge is 0.393 e. The van der Waals surface area contributed by atoms with Gasteiger partial charge < -0.3 is 10.2 Å². The lowest BCUT2D eigenvalue weighted by Gasteiger charge is -2.37. The molecule has 25 heavy (non-hydrogen) atoms. The fourth-order valence-corrected chi connectivity index (χ4v) is 8.36. The van der Waals surface area contributed by atoms with E-state index in [2.05, 4.69) is 88.5 Å². The summed E-state index contributed by atoms with van der Waals surface area (Å²) in [6, 6.07) is 0. The smallest absolute Gasteiger partial charge is 0.147 e. The standard InChI is InChI=1S/C22H32O2Si/c1-19(2)25(20(3)4,21(5)6)17-15-13-11-9-7-8-10-12-14-16-22(24)18-23/h19-24H,7-9,18H2,1-6H3/t22-/m1/s1. The fourth-order valence-electron chi connectivity index (χ4n) is 3.22. The quantitative estimate of drug-likeness (QED) is 0.432. The van der Waals surface area contributed by atoms with Gasteiger partial charge in [0, 0.05) is 12.8 Å². The van der Waals surface area contributed by atoms with Crippen molar-refractivity contribution in [2.45, 2.75) is 83.5 Å². The van der Waals surface area contributed by atoms with E-state index in [1.165, 1.54) is 0 Å². The van der Waals surface area contributed by atoms with E-state index in [4.69, 9.17) is 10.2 Å². The molecule has 0 radical (unpaired) electrons. The second kappa shape index (κ2) is 12.7. The summed E-state index contributed by atoms with van der Waals surface area (Å²) < 4.78 is 0. The summed E-state index contributed by atoms with van der Waals surface area (Å²) in [5.74, 6) is 19.8. The van der Waals surface area contributed by atoms with Gasteiger partial charge in [0.1, 0.15) is 14.2 Å². The Bertz CT molecular complexity index is 609. The van der Waals surface area contributed by atoms with Crippen LogP contribution in [0.2, 0.25) is 16.6 Å². The first-order valence-corrected chi connectivity index (χ1v) is 11.3. The SMILES string of the molecule is CC(C)[Si](C#CC#CCCCC#CC#C[C@@H](O)CO)(C(C)C)C(C)C. The molecule has 0 spiro atoms. The van der Waals surface area contributed by atoms with E-state index in [-0.39, 0.29) is 6.61 Å². The molecule has 0 saturated heterocycles. The maximum atomic E-state index is 9.02. The molecule has 0 aromatic carbocycles. The summed E-state index contributed by atoms with van der Waals surface area (Å²) in [4.78, 5) is 0. The number of hydrogen-bond donors (Lipinski definition) is 2. The van der Waals surface area contributed by atoms with E-state index >= 15 is 0 Å². The summed E-state index contributed by atoms with van der Waals surface area (Å²) in [7, 11) is -1.67. The van der Waals surface area contributed by atoms with E-state index in [9.17, 15) is 0 Å². The molecule has 0 aromatic heterocycles. The van der Waals surface area contributed by atoms with Crippen molar-refractivity contribution in [1.29, 1.82) is 0 Å². The molecule has 0 heterocycles. The third kappa shape index (κ3) is 8.34. The van der Waals surface area contributed by atoms with Crippen LogP contribution in [0, 0.1) is 47.0 Å². The number of aliphatic hydroxyl groups is 2. The fraction of sp³-hybridized carbons (Fsp3) is 0.636. The molecule has 3 heteroatoms. The van der Waals surface area contributed by atoms with E-state index in [1.807, 2.05) is 0 Å². The predicted molar refractivity (Wildman–Crippen MR) is 109 cm³/mol. The molecule has 0 rings (SSSR count). The Balaban J connectivity index is 4.56. The van der Waals surface area contributed by atoms with E-state index in [0.717, 1.165) is 12.8 Å². The zero-order valence-corrected chi connectivity index (χ0v) is 17.5. The van der Waals surface area contributed by atoms with Crippen molar-refractivity contribution in [2.24, 2.45) is 0 Å². The number of rotatable bonds is 6. The van der Waals surface area contributed by atoms with Crippen LogP contribution in [-0.4, -0.2) is 31.0 Å². The highest BCUT2D eigenvalue weighted by Gasteiger charge is 2.41. The van der Waals surface area contributed by atoms with Crippen LogP contribution in [0.4, 0.5) is 0 Å². The third-order valence-corrected chi connectivity index (χ3v) is 10.8. The zero-order valence-electron chi connectivity index (χ0n) is 16.5. The zero-order chi connectivity index (χ0) is 19.3. The molecule has 2 nitrogen and oxygen atoms in total. The van der Waals surface area contributed by atoms with Crippen molar-refractivity contribution < 1.29 is 10.2 Å². The molecule has 0 aliphatic rings. The Morgan fingerprint density at radius 3 is 1.68 bits per heavy atom. The van der Waals surface area contributed by atoms with Crippen LogP contribution in [0.3, 0.4) is 0 Å². The van der Waals surface area contributed by atoms with Crippen LogP contribution in [0.25, 0.3) is 0 Å². The lowest BCUT2D eigenvalue weighted by Crippen LogP contribution is -2.43. The number of hydrogen-bond acceptors (Lipinski definition) is 2. The summed E-state index contributed by atoms with van der Waals surface area (Å²) in [5.41, 5.74) is 5.47. The maximum Gasteiger partial charge on any atom is 0.147 e. The Labute approximate surface area is 155 Å². The average molecular weight is 357 g/mol. The van der Waals surface area contributed by atoms with Gasteiger partial charge in [0.15, 0.2) is 0 Å². The van der Waals surface area contributed by atoms with E-state index < -0.39 is 14.2 Å². The highest BCUT2D eigenvalue weighted by molar-refractivity contribution is 6.90. The summed E-state index contributed by atoms with van der Waals surface area (Å²) in [6.07, 6.45) is 1.37. The van der Waals surface area contributed by atoms with Crippen LogP contribution >= 0.6 is 0 Å². The predicted octanol–water partition coefficient (Wildman–Crippen LogP) is 3.74. The van der Waals surface area contributed by atoms with Crippen molar-refractivity contribution in [3.05, 3.63) is 0 Å². The Morgan fingerprint density at radius 1 is 0.760 bits per heavy atom. The molecule has 0 aromatic rings. The molecule has 136 valence electrons. The van der Waals surface area contributed by atoms with Crippen LogP contribution in [0.15, 0.2) is 0 Å². The summed E-state index contributed by atoms with van der Waals surface area (Å²) in [6.45, 7) is 13.4. The van der Waals surface area contributed by atoms with Crippen molar-refractivity contribution in [3.8, 4) is 47.0 Å². The molecule has 0 bridgehead atoms. The van der Waals surface area contributed by atoms with Gasteiger partial charge in [-0.2, -0.15) is 0 Å². The van der Waals surface area contributed by atoms with Gasteiger partial charge in [-0.25, -0.2) is 0 Å². The molecule has 0 unspecified atom stereocenters. The Hall–Kier alpha value is -1.62. The van der Waals surface area contributed by atoms with Gasteiger partial charge in [0.05, 0.1) is 6.61 Å². The van der Waals surface area contributed by atoms with Gasteiger partial charge in [-0.15, -0.1) is 5.54 Å². The van der Waals surface area contributed by atoms with Gasteiger partial charge in [0.2, 0.25) is 0 Å². The average Bonchev–Trinajstić information content (AvgIpc) is 2.54. The molecule has 2 N–H and O–H groups in total. The highest BCUT2D eigenvalue weighted by Crippen LogP contribution is 2.40. The Kier molecular flexibility index (Phi) is 11.9. The minimum atomic E-state index is -1.67. The van der Waals surface area contributed by atoms with E-state index in [0.29, 0.717) is 23.0 Å². The monoisotopic (exact) mass is 356 g/mol. The number of aliphatic hydroxyl groups excluding tert-OH is 2. The van der Waals surface area contributed by atoms with Gasteiger partial charge >= 0.3 is 0 Å². The van der Waals surface area contributed by atoms with Crippen molar-refractivity contribution in [1.82, 2.24) is 0 Å². The Morgan fingerprint density at radius 2 is 1.24 bits per heavy atom. The maximum absolute atomic E-state index is 9.02. The molecular weight excluding hydrogens is 324 g/mol. The molecule has 0 amide bonds. The first-order chi connectivity index (χ1) is 11.8. The van der Waals surface area contributed by atoms with Crippen LogP contribution in [-0.2, 0) is 0 Å². The first kappa shape index (κ1) is 23.4. The molecule has 0 aliphatic heterocycles. The van der Waals surface area contributed by atoms with Crippen LogP contribution in [0.1, 0.15) is 60.8 Å². The minimum Gasteiger partial charge on any atom is -0.393 e. The minimum absolute atomic E-state index is 0.361. The molecule has 1 atom stereocenters. The molecule has 0 aliphatic carbocycles. The lowest BCUT2D eigenvalue weighted by atomic mass is 10.2. The van der Waals surface area contributed by atoms with Crippen LogP contribution < -0.4 is 0 Å². The summed E-state index contributed by atoms with van der Waals surface area (Å²) in [5, 5.41) is 17.6. The second-order valence-electron chi connectivity index (χ2n) is 7.07. The molecular formula is C22H32O2Si. The van der Waals surface area contributed by atoms with Gasteiger partial charge in [-0.3, -0.25) is 0 Å². The van der Waals surface area contributed by atoms with E-state index in [1.54, 1.807) is 0 Å². The number of unbranched alkanes of at least 4 members (excludes halogenated alkanes) is 2. The topological polar surface area (TPSA) is 40.5 Å². The molecule has 0 fully saturated rings. The normalized spacial score (nSPS) is 11.5. The van der Waals surface area contributed by atoms with Crippen molar-refractivity contribution in [3.63, 3.8) is 0 Å². The van der Waals surface area contributed by atoms with Gasteiger partial charge in [0.25, 0.3) is 0 Å². The highest BCUT2D eigenvalue weighted by atomic mass is 28.3. The van der Waals surface area contributed by atoms with Crippen molar-refractivity contribution in [2.75, 3.05) is 6.61 Å². The summed E-state index contributed by atoms with van der Waals surface area (Å²) >= 11 is 0. The van der Waals surface area contributed by atoms with Crippen molar-refractivity contribution >= 4 is 8.07 Å². The third-order valence-electron chi connectivity index (χ3n) is 4.46. The van der Waals surface area contributed by atoms with Gasteiger partial charge in [-0.05, 0) is 46.7 Å². The first-order valence-electron chi connectivity index (χ1n) is 9.06. The van der Waals surface area contributed by atoms with Crippen LogP contribution in [0.5, 0.6) is 0 Å². The van der Waals surface area contributed by atoms with Gasteiger partial charge in [-0.1, -0.05) is 59.3 Å².